The number of unbranched alkanes of at least 4 members (excludes halogenated alkanes) is 4. The molecule has 17 heavy (non-hydrogen) atoms. The van der Waals surface area contributed by atoms with Crippen LogP contribution in [0.25, 0.3) is 0 Å². The summed E-state index contributed by atoms with van der Waals surface area (Å²) in [5.74, 6) is -0.920. The largest absolute Gasteiger partial charge is 2.00 e. The number of carboxylic acids is 1. The minimum absolute atomic E-state index is 0. The number of phosphoric acid groups is 1. The van der Waals surface area contributed by atoms with Crippen molar-refractivity contribution in [2.45, 2.75) is 45.4 Å². The quantitative estimate of drug-likeness (QED) is 0.311. The Morgan fingerprint density at radius 2 is 1.35 bits per heavy atom. The summed E-state index contributed by atoms with van der Waals surface area (Å²) in [6.45, 7) is 2.14. The molecule has 0 aromatic rings. The third-order valence-electron chi connectivity index (χ3n) is 1.48. The van der Waals surface area contributed by atoms with Crippen LogP contribution in [-0.2, 0) is 48.3 Å². The van der Waals surface area contributed by atoms with E-state index < -0.39 is 13.8 Å². The Morgan fingerprint density at radius 1 is 1.00 bits per heavy atom. The van der Waals surface area contributed by atoms with Crippen molar-refractivity contribution in [1.82, 2.24) is 0 Å². The van der Waals surface area contributed by atoms with Crippen molar-refractivity contribution in [3.8, 4) is 0 Å². The van der Waals surface area contributed by atoms with E-state index in [-0.39, 0.29) is 45.4 Å². The molecule has 0 aromatic heterocycles. The maximum absolute atomic E-state index is 9.92. The molecule has 0 radical (unpaired) electrons. The van der Waals surface area contributed by atoms with Gasteiger partial charge < -0.3 is 29.1 Å². The Hall–Kier alpha value is 0.827. The maximum Gasteiger partial charge on any atom is 2.00 e. The van der Waals surface area contributed by atoms with Gasteiger partial charge in [-0.1, -0.05) is 32.6 Å². The third-order valence-corrected chi connectivity index (χ3v) is 1.48. The molecule has 0 atom stereocenters. The Kier molecular flexibility index (Phi) is 26.1. The first kappa shape index (κ1) is 26.4. The van der Waals surface area contributed by atoms with Crippen molar-refractivity contribution in [2.75, 3.05) is 0 Å². The van der Waals surface area contributed by atoms with Gasteiger partial charge in [-0.3, -0.25) is 0 Å². The van der Waals surface area contributed by atoms with E-state index in [0.29, 0.717) is 0 Å². The molecule has 0 bridgehead atoms. The van der Waals surface area contributed by atoms with E-state index in [4.69, 9.17) is 19.2 Å². The van der Waals surface area contributed by atoms with Crippen LogP contribution in [0.2, 0.25) is 0 Å². The van der Waals surface area contributed by atoms with Crippen LogP contribution in [0.1, 0.15) is 45.4 Å². The molecule has 0 aromatic carbocycles. The Bertz CT molecular complexity index is 200. The van der Waals surface area contributed by atoms with Crippen molar-refractivity contribution in [2.24, 2.45) is 0 Å². The van der Waals surface area contributed by atoms with Gasteiger partial charge in [-0.2, -0.15) is 7.82 Å². The first-order valence-corrected chi connectivity index (χ1v) is 6.16. The maximum atomic E-state index is 9.92. The number of hydrogen-bond donors (Lipinski definition) is 0. The number of hydrogen-bond acceptors (Lipinski definition) is 6. The molecule has 0 aliphatic rings. The van der Waals surface area contributed by atoms with Crippen LogP contribution in [-0.4, -0.2) is 5.97 Å². The van der Waals surface area contributed by atoms with E-state index in [2.05, 4.69) is 6.92 Å². The molecule has 0 rings (SSSR count). The summed E-state index contributed by atoms with van der Waals surface area (Å²) in [5, 5.41) is 9.92. The molecule has 6 nitrogen and oxygen atoms in total. The van der Waals surface area contributed by atoms with Crippen molar-refractivity contribution < 1.29 is 68.1 Å². The van der Waals surface area contributed by atoms with Crippen molar-refractivity contribution in [3.05, 3.63) is 0 Å². The fraction of sp³-hybridized carbons (Fsp3) is 0.875. The molecule has 0 N–H and O–H groups in total. The molecule has 0 aliphatic carbocycles. The van der Waals surface area contributed by atoms with Gasteiger partial charge in [0, 0.05) is 5.97 Å². The zero-order valence-corrected chi connectivity index (χ0v) is 16.9. The first-order chi connectivity index (χ1) is 6.77. The van der Waals surface area contributed by atoms with E-state index in [1.807, 2.05) is 0 Å². The number of carboxylic acid groups (broad SMARTS) is 1. The molecule has 0 saturated heterocycles. The molecule has 0 aliphatic heterocycles. The van der Waals surface area contributed by atoms with E-state index >= 15 is 0 Å². The number of carbonyl (C=O) groups is 1. The average molecular weight is 369 g/mol. The van der Waals surface area contributed by atoms with Gasteiger partial charge in [-0.25, -0.2) is 0 Å². The molecular weight excluding hydrogens is 354 g/mol. The summed E-state index contributed by atoms with van der Waals surface area (Å²) in [4.78, 5) is 35.6. The summed E-state index contributed by atoms with van der Waals surface area (Å²) in [6, 6.07) is 0. The SMILES string of the molecule is CCCCCCCC(=O)[O-].O=P([O-])([O-])[O-].[Zn+2].[Zn+2]. The molecule has 0 saturated carbocycles. The van der Waals surface area contributed by atoms with Crippen molar-refractivity contribution >= 4 is 13.8 Å². The van der Waals surface area contributed by atoms with E-state index in [0.717, 1.165) is 19.3 Å². The van der Waals surface area contributed by atoms with Gasteiger partial charge in [0.1, 0.15) is 0 Å². The summed E-state index contributed by atoms with van der Waals surface area (Å²) >= 11 is 0. The second kappa shape index (κ2) is 16.8. The fourth-order valence-corrected chi connectivity index (χ4v) is 0.873. The molecule has 0 spiro atoms. The van der Waals surface area contributed by atoms with Gasteiger partial charge in [-0.15, -0.1) is 0 Å². The number of carbonyl (C=O) groups excluding carboxylic acids is 1. The predicted molar refractivity (Wildman–Crippen MR) is 46.0 cm³/mol. The van der Waals surface area contributed by atoms with Crippen LogP contribution in [0.3, 0.4) is 0 Å². The van der Waals surface area contributed by atoms with Gasteiger partial charge in [-0.05, 0) is 12.8 Å². The van der Waals surface area contributed by atoms with Gasteiger partial charge >= 0.3 is 39.0 Å². The number of aliphatic carboxylic acids is 1. The van der Waals surface area contributed by atoms with Gasteiger partial charge in [0.2, 0.25) is 0 Å². The molecule has 0 heterocycles. The topological polar surface area (TPSA) is 126 Å². The fourth-order valence-electron chi connectivity index (χ4n) is 0.873. The molecule has 0 amide bonds. The molecular formula is C8H15O6PZn2. The van der Waals surface area contributed by atoms with Crippen LogP contribution in [0.15, 0.2) is 0 Å². The molecule has 92 valence electrons. The Morgan fingerprint density at radius 3 is 1.65 bits per heavy atom. The smallest absolute Gasteiger partial charge is 0.822 e. The van der Waals surface area contributed by atoms with Crippen LogP contribution in [0.5, 0.6) is 0 Å². The summed E-state index contributed by atoms with van der Waals surface area (Å²) < 4.78 is 8.55. The first-order valence-electron chi connectivity index (χ1n) is 4.70. The second-order valence-electron chi connectivity index (χ2n) is 2.98. The van der Waals surface area contributed by atoms with Gasteiger partial charge in [0.25, 0.3) is 0 Å². The standard InChI is InChI=1S/C8H16O2.H3O4P.2Zn/c1-2-3-4-5-6-7-8(9)10;1-5(2,3)4;;/h2-7H2,1H3,(H,9,10);(H3,1,2,3,4);;/q;;2*+2/p-4. The number of rotatable bonds is 6. The monoisotopic (exact) mass is 366 g/mol. The zero-order chi connectivity index (χ0) is 12.3. The minimum Gasteiger partial charge on any atom is -0.822 e. The molecule has 9 heteroatoms. The normalized spacial score (nSPS) is 9.18. The van der Waals surface area contributed by atoms with Crippen LogP contribution in [0, 0.1) is 0 Å². The molecule has 0 unspecified atom stereocenters. The summed E-state index contributed by atoms with van der Waals surface area (Å²) in [6.07, 6.45) is 5.61. The second-order valence-corrected chi connectivity index (χ2v) is 3.88. The van der Waals surface area contributed by atoms with E-state index in [1.54, 1.807) is 0 Å². The zero-order valence-electron chi connectivity index (χ0n) is 10.1. The summed E-state index contributed by atoms with van der Waals surface area (Å²) in [7, 11) is -5.39. The third kappa shape index (κ3) is 60.4. The Labute approximate surface area is 127 Å². The van der Waals surface area contributed by atoms with Gasteiger partial charge in [0.15, 0.2) is 0 Å². The van der Waals surface area contributed by atoms with Crippen LogP contribution in [0.4, 0.5) is 0 Å². The van der Waals surface area contributed by atoms with E-state index in [1.165, 1.54) is 12.8 Å². The summed E-state index contributed by atoms with van der Waals surface area (Å²) in [5.41, 5.74) is 0. The van der Waals surface area contributed by atoms with Gasteiger partial charge in [0.05, 0.1) is 0 Å². The minimum atomic E-state index is -5.39. The van der Waals surface area contributed by atoms with Crippen LogP contribution < -0.4 is 19.8 Å². The van der Waals surface area contributed by atoms with E-state index in [9.17, 15) is 9.90 Å². The predicted octanol–water partition coefficient (Wildman–Crippen LogP) is -1.73. The van der Waals surface area contributed by atoms with Crippen molar-refractivity contribution in [3.63, 3.8) is 0 Å². The van der Waals surface area contributed by atoms with Crippen molar-refractivity contribution in [1.29, 1.82) is 0 Å². The molecule has 0 fully saturated rings. The van der Waals surface area contributed by atoms with Crippen LogP contribution >= 0.6 is 7.82 Å². The Balaban J connectivity index is -0.000000105. The average Bonchev–Trinajstić information content (AvgIpc) is 2.00.